The zero-order valence-corrected chi connectivity index (χ0v) is 13.5. The number of carbonyl (C=O) groups is 1. The van der Waals surface area contributed by atoms with Crippen molar-refractivity contribution in [3.63, 3.8) is 0 Å². The van der Waals surface area contributed by atoms with E-state index in [4.69, 9.17) is 9.84 Å². The molecule has 2 N–H and O–H groups in total. The molecule has 0 unspecified atom stereocenters. The van der Waals surface area contributed by atoms with E-state index in [0.717, 1.165) is 28.8 Å². The molecule has 5 nitrogen and oxygen atoms in total. The third-order valence-corrected chi connectivity index (χ3v) is 3.95. The minimum Gasteiger partial charge on any atom is -0.497 e. The van der Waals surface area contributed by atoms with Crippen molar-refractivity contribution in [1.82, 2.24) is 9.88 Å². The lowest BCUT2D eigenvalue weighted by atomic mass is 10.1. The van der Waals surface area contributed by atoms with Crippen molar-refractivity contribution in [3.8, 4) is 5.75 Å². The first-order chi connectivity index (χ1) is 11.7. The second-order valence-corrected chi connectivity index (χ2v) is 5.54. The summed E-state index contributed by atoms with van der Waals surface area (Å²) in [7, 11) is 1.65. The molecule has 0 radical (unpaired) electrons. The van der Waals surface area contributed by atoms with Crippen LogP contribution in [0.4, 0.5) is 0 Å². The van der Waals surface area contributed by atoms with Crippen LogP contribution in [-0.2, 0) is 6.54 Å². The summed E-state index contributed by atoms with van der Waals surface area (Å²) >= 11 is 0. The van der Waals surface area contributed by atoms with E-state index in [-0.39, 0.29) is 19.1 Å². The SMILES string of the molecule is COc1ccc(Cn2ccc3ccc(C(=O)NCCO)cc32)cc1. The summed E-state index contributed by atoms with van der Waals surface area (Å²) < 4.78 is 7.29. The first kappa shape index (κ1) is 16.1. The van der Waals surface area contributed by atoms with Crippen molar-refractivity contribution in [2.75, 3.05) is 20.3 Å². The number of ether oxygens (including phenoxy) is 1. The number of nitrogens with one attached hydrogen (secondary N) is 1. The molecule has 0 saturated heterocycles. The summed E-state index contributed by atoms with van der Waals surface area (Å²) in [6.45, 7) is 0.904. The highest BCUT2D eigenvalue weighted by Gasteiger charge is 2.08. The van der Waals surface area contributed by atoms with Crippen LogP contribution in [0.15, 0.2) is 54.7 Å². The van der Waals surface area contributed by atoms with E-state index in [1.807, 2.05) is 48.7 Å². The van der Waals surface area contributed by atoms with Crippen molar-refractivity contribution in [2.45, 2.75) is 6.54 Å². The second-order valence-electron chi connectivity index (χ2n) is 5.54. The average molecular weight is 324 g/mol. The molecule has 1 amide bonds. The molecule has 0 aliphatic heterocycles. The standard InChI is InChI=1S/C19H20N2O3/c1-24-17-6-2-14(3-7-17)13-21-10-8-15-4-5-16(12-18(15)21)19(23)20-9-11-22/h2-8,10,12,22H,9,11,13H2,1H3,(H,20,23). The first-order valence-electron chi connectivity index (χ1n) is 7.82. The van der Waals surface area contributed by atoms with Gasteiger partial charge in [-0.3, -0.25) is 4.79 Å². The van der Waals surface area contributed by atoms with E-state index in [1.54, 1.807) is 13.2 Å². The minimum atomic E-state index is -0.178. The van der Waals surface area contributed by atoms with Gasteiger partial charge in [-0.1, -0.05) is 18.2 Å². The Morgan fingerprint density at radius 3 is 2.67 bits per heavy atom. The number of carbonyl (C=O) groups excluding carboxylic acids is 1. The summed E-state index contributed by atoms with van der Waals surface area (Å²) in [6, 6.07) is 15.6. The number of fused-ring (bicyclic) bond motifs is 1. The van der Waals surface area contributed by atoms with Crippen molar-refractivity contribution in [3.05, 3.63) is 65.9 Å². The number of hydrogen-bond donors (Lipinski definition) is 2. The van der Waals surface area contributed by atoms with Gasteiger partial charge in [0.25, 0.3) is 5.91 Å². The molecule has 3 aromatic rings. The zero-order valence-electron chi connectivity index (χ0n) is 13.5. The fraction of sp³-hybridized carbons (Fsp3) is 0.211. The van der Waals surface area contributed by atoms with Gasteiger partial charge in [-0.15, -0.1) is 0 Å². The van der Waals surface area contributed by atoms with Gasteiger partial charge in [-0.05, 0) is 41.3 Å². The molecule has 5 heteroatoms. The molecule has 1 aromatic heterocycles. The summed E-state index contributed by atoms with van der Waals surface area (Å²) in [5, 5.41) is 12.6. The Labute approximate surface area is 140 Å². The fourth-order valence-electron chi connectivity index (χ4n) is 2.66. The van der Waals surface area contributed by atoms with Gasteiger partial charge in [-0.2, -0.15) is 0 Å². The molecule has 0 aliphatic carbocycles. The van der Waals surface area contributed by atoms with Gasteiger partial charge in [0.1, 0.15) is 5.75 Å². The quantitative estimate of drug-likeness (QED) is 0.732. The minimum absolute atomic E-state index is 0.0676. The number of aromatic nitrogens is 1. The molecule has 24 heavy (non-hydrogen) atoms. The molecule has 0 bridgehead atoms. The first-order valence-corrected chi connectivity index (χ1v) is 7.82. The van der Waals surface area contributed by atoms with Crippen LogP contribution < -0.4 is 10.1 Å². The van der Waals surface area contributed by atoms with Crippen molar-refractivity contribution in [1.29, 1.82) is 0 Å². The predicted molar refractivity (Wildman–Crippen MR) is 93.5 cm³/mol. The Morgan fingerprint density at radius 2 is 1.96 bits per heavy atom. The van der Waals surface area contributed by atoms with Gasteiger partial charge < -0.3 is 19.7 Å². The number of methoxy groups -OCH3 is 1. The maximum Gasteiger partial charge on any atom is 0.251 e. The lowest BCUT2D eigenvalue weighted by molar-refractivity contribution is 0.0945. The molecule has 0 aliphatic rings. The monoisotopic (exact) mass is 324 g/mol. The third kappa shape index (κ3) is 3.41. The molecular formula is C19H20N2O3. The normalized spacial score (nSPS) is 10.8. The van der Waals surface area contributed by atoms with E-state index in [2.05, 4.69) is 9.88 Å². The molecule has 0 spiro atoms. The van der Waals surface area contributed by atoms with Crippen LogP contribution in [0.1, 0.15) is 15.9 Å². The molecule has 2 aromatic carbocycles. The van der Waals surface area contributed by atoms with Gasteiger partial charge in [-0.25, -0.2) is 0 Å². The highest BCUT2D eigenvalue weighted by atomic mass is 16.5. The zero-order chi connectivity index (χ0) is 16.9. The van der Waals surface area contributed by atoms with Gasteiger partial charge in [0.2, 0.25) is 0 Å². The molecule has 0 saturated carbocycles. The highest BCUT2D eigenvalue weighted by molar-refractivity contribution is 5.98. The van der Waals surface area contributed by atoms with Crippen LogP contribution in [0.3, 0.4) is 0 Å². The van der Waals surface area contributed by atoms with Gasteiger partial charge >= 0.3 is 0 Å². The van der Waals surface area contributed by atoms with Gasteiger partial charge in [0, 0.05) is 30.4 Å². The largest absolute Gasteiger partial charge is 0.497 e. The molecule has 3 rings (SSSR count). The molecule has 0 fully saturated rings. The van der Waals surface area contributed by atoms with Crippen LogP contribution in [0, 0.1) is 0 Å². The topological polar surface area (TPSA) is 63.5 Å². The van der Waals surface area contributed by atoms with Crippen LogP contribution in [0.2, 0.25) is 0 Å². The maximum atomic E-state index is 12.1. The van der Waals surface area contributed by atoms with Crippen LogP contribution >= 0.6 is 0 Å². The number of nitrogens with zero attached hydrogens (tertiary/aromatic N) is 1. The number of aliphatic hydroxyl groups excluding tert-OH is 1. The Bertz CT molecular complexity index is 837. The smallest absolute Gasteiger partial charge is 0.251 e. The van der Waals surface area contributed by atoms with Crippen LogP contribution in [-0.4, -0.2) is 35.8 Å². The van der Waals surface area contributed by atoms with Crippen LogP contribution in [0.25, 0.3) is 10.9 Å². The Balaban J connectivity index is 1.86. The van der Waals surface area contributed by atoms with Crippen LogP contribution in [0.5, 0.6) is 5.75 Å². The van der Waals surface area contributed by atoms with Gasteiger partial charge in [0.15, 0.2) is 0 Å². The highest BCUT2D eigenvalue weighted by Crippen LogP contribution is 2.20. The Morgan fingerprint density at radius 1 is 1.17 bits per heavy atom. The summed E-state index contributed by atoms with van der Waals surface area (Å²) in [4.78, 5) is 12.1. The van der Waals surface area contributed by atoms with E-state index >= 15 is 0 Å². The average Bonchev–Trinajstić information content (AvgIpc) is 3.02. The molecular weight excluding hydrogens is 304 g/mol. The van der Waals surface area contributed by atoms with Gasteiger partial charge in [0.05, 0.1) is 13.7 Å². The Kier molecular flexibility index (Phi) is 4.82. The number of aliphatic hydroxyl groups is 1. The molecule has 0 atom stereocenters. The Hall–Kier alpha value is -2.79. The second kappa shape index (κ2) is 7.19. The number of rotatable bonds is 6. The predicted octanol–water partition coefficient (Wildman–Crippen LogP) is 2.42. The maximum absolute atomic E-state index is 12.1. The fourth-order valence-corrected chi connectivity index (χ4v) is 2.66. The molecule has 124 valence electrons. The van der Waals surface area contributed by atoms with E-state index in [0.29, 0.717) is 5.56 Å². The lowest BCUT2D eigenvalue weighted by Crippen LogP contribution is -2.26. The number of benzene rings is 2. The number of amides is 1. The van der Waals surface area contributed by atoms with E-state index in [9.17, 15) is 4.79 Å². The third-order valence-electron chi connectivity index (χ3n) is 3.95. The van der Waals surface area contributed by atoms with Crippen molar-refractivity contribution < 1.29 is 14.6 Å². The van der Waals surface area contributed by atoms with E-state index < -0.39 is 0 Å². The summed E-state index contributed by atoms with van der Waals surface area (Å²) in [5.41, 5.74) is 2.75. The van der Waals surface area contributed by atoms with Crippen molar-refractivity contribution >= 4 is 16.8 Å². The summed E-state index contributed by atoms with van der Waals surface area (Å²) in [5.74, 6) is 0.655. The molecule has 1 heterocycles. The lowest BCUT2D eigenvalue weighted by Gasteiger charge is -2.08. The van der Waals surface area contributed by atoms with Crippen molar-refractivity contribution in [2.24, 2.45) is 0 Å². The number of hydrogen-bond acceptors (Lipinski definition) is 3. The summed E-state index contributed by atoms with van der Waals surface area (Å²) in [6.07, 6.45) is 2.02. The van der Waals surface area contributed by atoms with E-state index in [1.165, 1.54) is 0 Å².